The number of para-hydroxylation sites is 1. The van der Waals surface area contributed by atoms with Crippen molar-refractivity contribution in [3.63, 3.8) is 0 Å². The number of ether oxygens (including phenoxy) is 2. The second kappa shape index (κ2) is 8.95. The lowest BCUT2D eigenvalue weighted by Crippen LogP contribution is -2.46. The SMILES string of the molecule is CCN1CCOC(CNCCCOc2ccccc2)C1. The van der Waals surface area contributed by atoms with Crippen LogP contribution in [0.15, 0.2) is 30.3 Å². The highest BCUT2D eigenvalue weighted by Crippen LogP contribution is 2.08. The molecule has 1 heterocycles. The van der Waals surface area contributed by atoms with Gasteiger partial charge >= 0.3 is 0 Å². The minimum absolute atomic E-state index is 0.332. The van der Waals surface area contributed by atoms with Gasteiger partial charge in [-0.2, -0.15) is 0 Å². The molecule has 4 nitrogen and oxygen atoms in total. The molecule has 0 aliphatic carbocycles. The fourth-order valence-electron chi connectivity index (χ4n) is 2.36. The van der Waals surface area contributed by atoms with Crippen LogP contribution in [0.3, 0.4) is 0 Å². The maximum Gasteiger partial charge on any atom is 0.119 e. The largest absolute Gasteiger partial charge is 0.494 e. The van der Waals surface area contributed by atoms with Gasteiger partial charge in [-0.3, -0.25) is 4.90 Å². The molecule has 0 amide bonds. The van der Waals surface area contributed by atoms with E-state index >= 15 is 0 Å². The summed E-state index contributed by atoms with van der Waals surface area (Å²) < 4.78 is 11.4. The maximum atomic E-state index is 5.75. The minimum Gasteiger partial charge on any atom is -0.494 e. The van der Waals surface area contributed by atoms with Crippen LogP contribution in [0.25, 0.3) is 0 Å². The zero-order chi connectivity index (χ0) is 14.0. The van der Waals surface area contributed by atoms with Crippen LogP contribution < -0.4 is 10.1 Å². The van der Waals surface area contributed by atoms with Gasteiger partial charge in [0.25, 0.3) is 0 Å². The molecule has 0 spiro atoms. The fraction of sp³-hybridized carbons (Fsp3) is 0.625. The smallest absolute Gasteiger partial charge is 0.119 e. The second-order valence-corrected chi connectivity index (χ2v) is 5.11. The lowest BCUT2D eigenvalue weighted by molar-refractivity contribution is -0.0252. The molecule has 1 aromatic carbocycles. The Labute approximate surface area is 122 Å². The molecule has 0 saturated carbocycles. The number of hydrogen-bond donors (Lipinski definition) is 1. The van der Waals surface area contributed by atoms with Crippen molar-refractivity contribution in [2.45, 2.75) is 19.4 Å². The molecule has 2 rings (SSSR count). The molecule has 4 heteroatoms. The van der Waals surface area contributed by atoms with E-state index in [1.54, 1.807) is 0 Å². The quantitative estimate of drug-likeness (QED) is 0.735. The molecule has 1 aliphatic heterocycles. The van der Waals surface area contributed by atoms with Gasteiger partial charge in [0.1, 0.15) is 5.75 Å². The van der Waals surface area contributed by atoms with Gasteiger partial charge in [0, 0.05) is 19.6 Å². The highest BCUT2D eigenvalue weighted by molar-refractivity contribution is 5.20. The van der Waals surface area contributed by atoms with E-state index in [2.05, 4.69) is 17.1 Å². The predicted molar refractivity (Wildman–Crippen MR) is 81.3 cm³/mol. The van der Waals surface area contributed by atoms with Gasteiger partial charge < -0.3 is 14.8 Å². The van der Waals surface area contributed by atoms with Crippen LogP contribution in [0.5, 0.6) is 5.75 Å². The first-order chi connectivity index (χ1) is 9.88. The van der Waals surface area contributed by atoms with E-state index < -0.39 is 0 Å². The van der Waals surface area contributed by atoms with Crippen molar-refractivity contribution in [1.82, 2.24) is 10.2 Å². The molecule has 0 radical (unpaired) electrons. The molecular formula is C16H26N2O2. The number of morpholine rings is 1. The Kier molecular flexibility index (Phi) is 6.84. The molecule has 0 aromatic heterocycles. The van der Waals surface area contributed by atoms with Crippen molar-refractivity contribution >= 4 is 0 Å². The molecule has 20 heavy (non-hydrogen) atoms. The summed E-state index contributed by atoms with van der Waals surface area (Å²) in [6.07, 6.45) is 1.35. The van der Waals surface area contributed by atoms with Crippen molar-refractivity contribution in [1.29, 1.82) is 0 Å². The molecule has 1 aromatic rings. The summed E-state index contributed by atoms with van der Waals surface area (Å²) in [6, 6.07) is 9.96. The van der Waals surface area contributed by atoms with Crippen LogP contribution in [0.4, 0.5) is 0 Å². The minimum atomic E-state index is 0.332. The summed E-state index contributed by atoms with van der Waals surface area (Å²) in [5, 5.41) is 3.45. The summed E-state index contributed by atoms with van der Waals surface area (Å²) >= 11 is 0. The normalized spacial score (nSPS) is 19.9. The summed E-state index contributed by atoms with van der Waals surface area (Å²) in [4.78, 5) is 2.44. The van der Waals surface area contributed by atoms with E-state index in [1.165, 1.54) is 0 Å². The van der Waals surface area contributed by atoms with Crippen LogP contribution in [-0.2, 0) is 4.74 Å². The van der Waals surface area contributed by atoms with E-state index in [9.17, 15) is 0 Å². The molecule has 1 N–H and O–H groups in total. The van der Waals surface area contributed by atoms with E-state index in [4.69, 9.17) is 9.47 Å². The van der Waals surface area contributed by atoms with E-state index in [1.807, 2.05) is 30.3 Å². The Morgan fingerprint density at radius 3 is 3.00 bits per heavy atom. The highest BCUT2D eigenvalue weighted by atomic mass is 16.5. The monoisotopic (exact) mass is 278 g/mol. The van der Waals surface area contributed by atoms with E-state index in [0.717, 1.165) is 58.1 Å². The first-order valence-electron chi connectivity index (χ1n) is 7.61. The van der Waals surface area contributed by atoms with Crippen LogP contribution in [0, 0.1) is 0 Å². The Balaban J connectivity index is 1.49. The van der Waals surface area contributed by atoms with E-state index in [-0.39, 0.29) is 0 Å². The topological polar surface area (TPSA) is 33.7 Å². The Morgan fingerprint density at radius 2 is 2.20 bits per heavy atom. The highest BCUT2D eigenvalue weighted by Gasteiger charge is 2.18. The maximum absolute atomic E-state index is 5.75. The zero-order valence-corrected chi connectivity index (χ0v) is 12.4. The second-order valence-electron chi connectivity index (χ2n) is 5.11. The van der Waals surface area contributed by atoms with Crippen LogP contribution in [0.1, 0.15) is 13.3 Å². The van der Waals surface area contributed by atoms with Crippen LogP contribution >= 0.6 is 0 Å². The molecule has 0 bridgehead atoms. The first-order valence-corrected chi connectivity index (χ1v) is 7.61. The van der Waals surface area contributed by atoms with E-state index in [0.29, 0.717) is 6.10 Å². The fourth-order valence-corrected chi connectivity index (χ4v) is 2.36. The first kappa shape index (κ1) is 15.3. The van der Waals surface area contributed by atoms with Gasteiger partial charge in [0.05, 0.1) is 19.3 Å². The standard InChI is InChI=1S/C16H26N2O2/c1-2-18-10-12-20-16(14-18)13-17-9-6-11-19-15-7-4-3-5-8-15/h3-5,7-8,16-17H,2,6,9-14H2,1H3. The third-order valence-corrected chi connectivity index (χ3v) is 3.55. The van der Waals surface area contributed by atoms with Crippen molar-refractivity contribution in [2.75, 3.05) is 45.9 Å². The number of nitrogens with zero attached hydrogens (tertiary/aromatic N) is 1. The average Bonchev–Trinajstić information content (AvgIpc) is 2.52. The average molecular weight is 278 g/mol. The van der Waals surface area contributed by atoms with Crippen molar-refractivity contribution in [2.24, 2.45) is 0 Å². The molecule has 1 unspecified atom stereocenters. The summed E-state index contributed by atoms with van der Waals surface area (Å²) in [5.74, 6) is 0.946. The number of likely N-dealkylation sites (N-methyl/N-ethyl adjacent to an activating group) is 1. The summed E-state index contributed by atoms with van der Waals surface area (Å²) in [7, 11) is 0. The molecule has 1 saturated heterocycles. The summed E-state index contributed by atoms with van der Waals surface area (Å²) in [6.45, 7) is 8.95. The van der Waals surface area contributed by atoms with Gasteiger partial charge in [-0.1, -0.05) is 25.1 Å². The molecule has 1 aliphatic rings. The number of nitrogens with one attached hydrogen (secondary N) is 1. The predicted octanol–water partition coefficient (Wildman–Crippen LogP) is 1.77. The number of benzene rings is 1. The van der Waals surface area contributed by atoms with Gasteiger partial charge in [-0.25, -0.2) is 0 Å². The van der Waals surface area contributed by atoms with Crippen molar-refractivity contribution < 1.29 is 9.47 Å². The molecule has 1 fully saturated rings. The van der Waals surface area contributed by atoms with Gasteiger partial charge in [-0.05, 0) is 31.6 Å². The van der Waals surface area contributed by atoms with Crippen molar-refractivity contribution in [3.05, 3.63) is 30.3 Å². The van der Waals surface area contributed by atoms with Crippen LogP contribution in [-0.4, -0.2) is 56.9 Å². The number of hydrogen-bond acceptors (Lipinski definition) is 4. The lowest BCUT2D eigenvalue weighted by atomic mass is 10.2. The van der Waals surface area contributed by atoms with Gasteiger partial charge in [0.2, 0.25) is 0 Å². The Bertz CT molecular complexity index is 359. The Hall–Kier alpha value is -1.10. The van der Waals surface area contributed by atoms with Gasteiger partial charge in [-0.15, -0.1) is 0 Å². The van der Waals surface area contributed by atoms with Crippen LogP contribution in [0.2, 0.25) is 0 Å². The molecular weight excluding hydrogens is 252 g/mol. The Morgan fingerprint density at radius 1 is 1.35 bits per heavy atom. The number of rotatable bonds is 8. The molecule has 1 atom stereocenters. The third kappa shape index (κ3) is 5.49. The van der Waals surface area contributed by atoms with Crippen molar-refractivity contribution in [3.8, 4) is 5.75 Å². The van der Waals surface area contributed by atoms with Gasteiger partial charge in [0.15, 0.2) is 0 Å². The zero-order valence-electron chi connectivity index (χ0n) is 12.4. The lowest BCUT2D eigenvalue weighted by Gasteiger charge is -2.32. The summed E-state index contributed by atoms with van der Waals surface area (Å²) in [5.41, 5.74) is 0. The third-order valence-electron chi connectivity index (χ3n) is 3.55. The molecule has 112 valence electrons.